The van der Waals surface area contributed by atoms with E-state index in [2.05, 4.69) is 15.5 Å². The van der Waals surface area contributed by atoms with Crippen molar-refractivity contribution in [2.75, 3.05) is 25.6 Å². The maximum absolute atomic E-state index is 12.0. The van der Waals surface area contributed by atoms with Gasteiger partial charge in [0.1, 0.15) is 11.6 Å². The van der Waals surface area contributed by atoms with Crippen LogP contribution in [0, 0.1) is 13.8 Å². The minimum atomic E-state index is -0.324. The Morgan fingerprint density at radius 2 is 2.03 bits per heavy atom. The molecule has 0 aliphatic carbocycles. The molecule has 0 saturated heterocycles. The topological polar surface area (TPSA) is 71.8 Å². The summed E-state index contributed by atoms with van der Waals surface area (Å²) < 4.78 is 7.59. The van der Waals surface area contributed by atoms with Crippen LogP contribution in [0.4, 0.5) is 5.69 Å². The average molecular weight is 391 g/mol. The highest BCUT2D eigenvalue weighted by molar-refractivity contribution is 5.84. The standard InChI is InChI=1S/C22H25N5O2/c1-16-12-18(17(2)27(16)21-10-5-6-11-23-21)14-24-25-22(28)15-29-20-9-7-8-19(13-20)26(3)4/h5-14H,15H2,1-4H3,(H,25,28)/b24-14+. The molecule has 150 valence electrons. The molecule has 0 aliphatic heterocycles. The number of nitrogens with zero attached hydrogens (tertiary/aromatic N) is 4. The van der Waals surface area contributed by atoms with Gasteiger partial charge in [0.2, 0.25) is 0 Å². The number of hydrogen-bond donors (Lipinski definition) is 1. The second kappa shape index (κ2) is 9.05. The lowest BCUT2D eigenvalue weighted by Crippen LogP contribution is -2.24. The van der Waals surface area contributed by atoms with Crippen LogP contribution in [0.25, 0.3) is 5.82 Å². The number of amides is 1. The first kappa shape index (κ1) is 20.1. The number of ether oxygens (including phenoxy) is 1. The third-order valence-electron chi connectivity index (χ3n) is 4.45. The summed E-state index contributed by atoms with van der Waals surface area (Å²) in [5.41, 5.74) is 6.45. The minimum absolute atomic E-state index is 0.110. The monoisotopic (exact) mass is 391 g/mol. The van der Waals surface area contributed by atoms with Gasteiger partial charge in [-0.2, -0.15) is 5.10 Å². The molecule has 1 aromatic carbocycles. The molecule has 0 bridgehead atoms. The van der Waals surface area contributed by atoms with Crippen molar-refractivity contribution in [1.82, 2.24) is 15.0 Å². The van der Waals surface area contributed by atoms with Crippen molar-refractivity contribution >= 4 is 17.8 Å². The first-order valence-corrected chi connectivity index (χ1v) is 9.28. The number of hydrogen-bond acceptors (Lipinski definition) is 5. The van der Waals surface area contributed by atoms with Crippen LogP contribution in [0.2, 0.25) is 0 Å². The first-order valence-electron chi connectivity index (χ1n) is 9.28. The van der Waals surface area contributed by atoms with E-state index in [1.54, 1.807) is 12.4 Å². The van der Waals surface area contributed by atoms with Gasteiger partial charge in [-0.15, -0.1) is 0 Å². The van der Waals surface area contributed by atoms with E-state index in [0.717, 1.165) is 28.5 Å². The van der Waals surface area contributed by atoms with Crippen molar-refractivity contribution in [2.24, 2.45) is 5.10 Å². The van der Waals surface area contributed by atoms with Gasteiger partial charge >= 0.3 is 0 Å². The van der Waals surface area contributed by atoms with Gasteiger partial charge in [0, 0.05) is 49.0 Å². The van der Waals surface area contributed by atoms with E-state index in [1.165, 1.54) is 0 Å². The van der Waals surface area contributed by atoms with Crippen LogP contribution in [0.15, 0.2) is 59.8 Å². The number of benzene rings is 1. The maximum atomic E-state index is 12.0. The minimum Gasteiger partial charge on any atom is -0.484 e. The third-order valence-corrected chi connectivity index (χ3v) is 4.45. The van der Waals surface area contributed by atoms with Crippen LogP contribution in [-0.2, 0) is 4.79 Å². The first-order chi connectivity index (χ1) is 14.0. The Morgan fingerprint density at radius 1 is 1.21 bits per heavy atom. The highest BCUT2D eigenvalue weighted by Gasteiger charge is 2.10. The molecule has 0 fully saturated rings. The Morgan fingerprint density at radius 3 is 2.76 bits per heavy atom. The SMILES string of the molecule is Cc1cc(/C=N/NC(=O)COc2cccc(N(C)C)c2)c(C)n1-c1ccccn1. The molecule has 2 aromatic heterocycles. The zero-order valence-corrected chi connectivity index (χ0v) is 17.1. The molecule has 0 saturated carbocycles. The van der Waals surface area contributed by atoms with Crippen molar-refractivity contribution in [3.63, 3.8) is 0 Å². The summed E-state index contributed by atoms with van der Waals surface area (Å²) in [5, 5.41) is 4.06. The molecule has 3 rings (SSSR count). The molecule has 0 aliphatic rings. The quantitative estimate of drug-likeness (QED) is 0.496. The van der Waals surface area contributed by atoms with Crippen molar-refractivity contribution in [1.29, 1.82) is 0 Å². The molecule has 0 atom stereocenters. The summed E-state index contributed by atoms with van der Waals surface area (Å²) in [5.74, 6) is 1.16. The molecule has 1 amide bonds. The largest absolute Gasteiger partial charge is 0.484 e. The van der Waals surface area contributed by atoms with Gasteiger partial charge in [0.25, 0.3) is 5.91 Å². The number of hydrazone groups is 1. The molecular weight excluding hydrogens is 366 g/mol. The zero-order valence-electron chi connectivity index (χ0n) is 17.1. The smallest absolute Gasteiger partial charge is 0.277 e. The maximum Gasteiger partial charge on any atom is 0.277 e. The predicted octanol–water partition coefficient (Wildman–Crippen LogP) is 3.08. The summed E-state index contributed by atoms with van der Waals surface area (Å²) in [7, 11) is 3.90. The molecule has 0 radical (unpaired) electrons. The fraction of sp³-hybridized carbons (Fsp3) is 0.227. The lowest BCUT2D eigenvalue weighted by Gasteiger charge is -2.13. The van der Waals surface area contributed by atoms with Crippen LogP contribution in [0.3, 0.4) is 0 Å². The molecule has 7 heteroatoms. The van der Waals surface area contributed by atoms with Gasteiger partial charge in [0.15, 0.2) is 6.61 Å². The Hall–Kier alpha value is -3.61. The molecule has 2 heterocycles. The van der Waals surface area contributed by atoms with Gasteiger partial charge < -0.3 is 14.2 Å². The number of aryl methyl sites for hydroxylation is 1. The van der Waals surface area contributed by atoms with E-state index in [4.69, 9.17) is 4.74 Å². The third kappa shape index (κ3) is 5.01. The van der Waals surface area contributed by atoms with E-state index >= 15 is 0 Å². The van der Waals surface area contributed by atoms with Gasteiger partial charge in [-0.25, -0.2) is 10.4 Å². The van der Waals surface area contributed by atoms with E-state index in [0.29, 0.717) is 5.75 Å². The summed E-state index contributed by atoms with van der Waals surface area (Å²) in [6, 6.07) is 15.3. The summed E-state index contributed by atoms with van der Waals surface area (Å²) >= 11 is 0. The number of anilines is 1. The van der Waals surface area contributed by atoms with Gasteiger partial charge in [-0.05, 0) is 44.2 Å². The summed E-state index contributed by atoms with van der Waals surface area (Å²) in [6.45, 7) is 3.89. The summed E-state index contributed by atoms with van der Waals surface area (Å²) in [6.07, 6.45) is 3.39. The molecule has 0 unspecified atom stereocenters. The van der Waals surface area contributed by atoms with E-state index in [-0.39, 0.29) is 12.5 Å². The molecule has 29 heavy (non-hydrogen) atoms. The van der Waals surface area contributed by atoms with E-state index in [1.807, 2.05) is 85.9 Å². The number of rotatable bonds is 7. The number of carbonyl (C=O) groups excluding carboxylic acids is 1. The van der Waals surface area contributed by atoms with Crippen molar-refractivity contribution in [2.45, 2.75) is 13.8 Å². The van der Waals surface area contributed by atoms with E-state index < -0.39 is 0 Å². The van der Waals surface area contributed by atoms with Crippen LogP contribution in [-0.4, -0.2) is 42.4 Å². The van der Waals surface area contributed by atoms with Crippen molar-refractivity contribution in [3.8, 4) is 11.6 Å². The normalized spacial score (nSPS) is 10.9. The molecule has 0 spiro atoms. The molecule has 7 nitrogen and oxygen atoms in total. The average Bonchev–Trinajstić information content (AvgIpc) is 3.00. The lowest BCUT2D eigenvalue weighted by atomic mass is 10.3. The number of pyridine rings is 1. The predicted molar refractivity (Wildman–Crippen MR) is 115 cm³/mol. The highest BCUT2D eigenvalue weighted by Crippen LogP contribution is 2.19. The summed E-state index contributed by atoms with van der Waals surface area (Å²) in [4.78, 5) is 18.4. The van der Waals surface area contributed by atoms with Gasteiger partial charge in [-0.3, -0.25) is 4.79 Å². The second-order valence-corrected chi connectivity index (χ2v) is 6.82. The Bertz CT molecular complexity index is 1010. The lowest BCUT2D eigenvalue weighted by molar-refractivity contribution is -0.123. The van der Waals surface area contributed by atoms with Crippen molar-refractivity contribution < 1.29 is 9.53 Å². The number of carbonyl (C=O) groups is 1. The second-order valence-electron chi connectivity index (χ2n) is 6.82. The van der Waals surface area contributed by atoms with E-state index in [9.17, 15) is 4.79 Å². The Labute approximate surface area is 170 Å². The fourth-order valence-corrected chi connectivity index (χ4v) is 2.96. The van der Waals surface area contributed by atoms with Gasteiger partial charge in [-0.1, -0.05) is 12.1 Å². The molecule has 3 aromatic rings. The Balaban J connectivity index is 1.59. The number of nitrogens with one attached hydrogen (secondary N) is 1. The molecular formula is C22H25N5O2. The van der Waals surface area contributed by atoms with Crippen molar-refractivity contribution in [3.05, 3.63) is 71.7 Å². The van der Waals surface area contributed by atoms with Crippen LogP contribution in [0.5, 0.6) is 5.75 Å². The van der Waals surface area contributed by atoms with Crippen LogP contribution >= 0.6 is 0 Å². The fourth-order valence-electron chi connectivity index (χ4n) is 2.96. The van der Waals surface area contributed by atoms with Crippen LogP contribution < -0.4 is 15.1 Å². The number of aromatic nitrogens is 2. The van der Waals surface area contributed by atoms with Gasteiger partial charge in [0.05, 0.1) is 6.21 Å². The molecule has 1 N–H and O–H groups in total. The van der Waals surface area contributed by atoms with Crippen LogP contribution in [0.1, 0.15) is 17.0 Å². The zero-order chi connectivity index (χ0) is 20.8. The highest BCUT2D eigenvalue weighted by atomic mass is 16.5. The Kier molecular flexibility index (Phi) is 6.29.